The van der Waals surface area contributed by atoms with Gasteiger partial charge in [-0.3, -0.25) is 9.59 Å². The lowest BCUT2D eigenvalue weighted by Gasteiger charge is -2.45. The van der Waals surface area contributed by atoms with E-state index < -0.39 is 5.92 Å². The number of methoxy groups -OCH3 is 2. The van der Waals surface area contributed by atoms with E-state index in [1.807, 2.05) is 65.6 Å². The van der Waals surface area contributed by atoms with Gasteiger partial charge < -0.3 is 19.7 Å². The summed E-state index contributed by atoms with van der Waals surface area (Å²) in [4.78, 5) is 28.9. The number of carbonyl (C=O) groups is 2. The number of nitrogens with one attached hydrogen (secondary N) is 1. The minimum absolute atomic E-state index is 0.0105. The van der Waals surface area contributed by atoms with Gasteiger partial charge in [-0.2, -0.15) is 0 Å². The van der Waals surface area contributed by atoms with Crippen molar-refractivity contribution in [3.05, 3.63) is 94.5 Å². The van der Waals surface area contributed by atoms with E-state index in [0.29, 0.717) is 30.2 Å². The van der Waals surface area contributed by atoms with Gasteiger partial charge >= 0.3 is 0 Å². The average Bonchev–Trinajstić information content (AvgIpc) is 2.87. The first kappa shape index (κ1) is 21.1. The third kappa shape index (κ3) is 3.61. The van der Waals surface area contributed by atoms with Crippen molar-refractivity contribution in [1.82, 2.24) is 10.2 Å². The molecule has 3 aromatic rings. The van der Waals surface area contributed by atoms with Gasteiger partial charge in [0.2, 0.25) is 5.91 Å². The second-order valence-corrected chi connectivity index (χ2v) is 8.35. The molecule has 1 N–H and O–H groups in total. The summed E-state index contributed by atoms with van der Waals surface area (Å²) in [5, 5.41) is 3.10. The number of nitrogens with zero attached hydrogens (tertiary/aromatic N) is 1. The topological polar surface area (TPSA) is 67.9 Å². The summed E-state index contributed by atoms with van der Waals surface area (Å²) in [5.41, 5.74) is 4.44. The van der Waals surface area contributed by atoms with Crippen molar-refractivity contribution in [3.8, 4) is 11.5 Å². The number of hydrogen-bond donors (Lipinski definition) is 1. The summed E-state index contributed by atoms with van der Waals surface area (Å²) in [7, 11) is 3.21. The number of benzene rings is 3. The molecule has 0 radical (unpaired) electrons. The highest BCUT2D eigenvalue weighted by Gasteiger charge is 2.46. The van der Waals surface area contributed by atoms with Crippen molar-refractivity contribution in [2.45, 2.75) is 24.9 Å². The maximum absolute atomic E-state index is 13.7. The van der Waals surface area contributed by atoms with Crippen molar-refractivity contribution in [1.29, 1.82) is 0 Å². The Hall–Kier alpha value is -3.80. The second-order valence-electron chi connectivity index (χ2n) is 8.35. The molecule has 0 saturated heterocycles. The van der Waals surface area contributed by atoms with Crippen molar-refractivity contribution in [3.63, 3.8) is 0 Å². The Balaban J connectivity index is 1.52. The zero-order chi connectivity index (χ0) is 22.9. The van der Waals surface area contributed by atoms with Crippen LogP contribution in [0.15, 0.2) is 66.7 Å². The van der Waals surface area contributed by atoms with Gasteiger partial charge in [0, 0.05) is 24.2 Å². The molecule has 6 heteroatoms. The van der Waals surface area contributed by atoms with Gasteiger partial charge in [0.25, 0.3) is 5.91 Å². The first-order chi connectivity index (χ1) is 16.1. The molecule has 2 aliphatic heterocycles. The van der Waals surface area contributed by atoms with Crippen LogP contribution in [-0.4, -0.2) is 37.5 Å². The summed E-state index contributed by atoms with van der Waals surface area (Å²) < 4.78 is 10.8. The number of fused-ring (bicyclic) bond motifs is 4. The van der Waals surface area contributed by atoms with E-state index >= 15 is 0 Å². The highest BCUT2D eigenvalue weighted by molar-refractivity contribution is 6.01. The molecule has 5 rings (SSSR count). The lowest BCUT2D eigenvalue weighted by Crippen LogP contribution is -2.50. The lowest BCUT2D eigenvalue weighted by molar-refractivity contribution is -0.124. The summed E-state index contributed by atoms with van der Waals surface area (Å²) >= 11 is 0. The molecule has 0 unspecified atom stereocenters. The van der Waals surface area contributed by atoms with E-state index in [9.17, 15) is 9.59 Å². The highest BCUT2D eigenvalue weighted by atomic mass is 16.5. The maximum Gasteiger partial charge on any atom is 0.254 e. The van der Waals surface area contributed by atoms with E-state index in [2.05, 4.69) is 11.4 Å². The van der Waals surface area contributed by atoms with Gasteiger partial charge in [-0.1, -0.05) is 42.5 Å². The third-order valence-electron chi connectivity index (χ3n) is 6.66. The monoisotopic (exact) mass is 442 g/mol. The molecule has 2 atom stereocenters. The Morgan fingerprint density at radius 2 is 1.76 bits per heavy atom. The third-order valence-corrected chi connectivity index (χ3v) is 6.66. The van der Waals surface area contributed by atoms with Gasteiger partial charge in [-0.15, -0.1) is 0 Å². The van der Waals surface area contributed by atoms with E-state index in [1.165, 1.54) is 5.56 Å². The van der Waals surface area contributed by atoms with Crippen molar-refractivity contribution in [2.75, 3.05) is 20.8 Å². The average molecular weight is 443 g/mol. The molecule has 2 heterocycles. The van der Waals surface area contributed by atoms with Crippen LogP contribution in [0.2, 0.25) is 0 Å². The molecular weight excluding hydrogens is 416 g/mol. The van der Waals surface area contributed by atoms with Crippen LogP contribution in [0.5, 0.6) is 11.5 Å². The predicted molar refractivity (Wildman–Crippen MR) is 124 cm³/mol. The highest BCUT2D eigenvalue weighted by Crippen LogP contribution is 2.45. The zero-order valence-corrected chi connectivity index (χ0v) is 18.7. The molecule has 0 saturated carbocycles. The molecule has 0 aromatic heterocycles. The first-order valence-corrected chi connectivity index (χ1v) is 11.1. The van der Waals surface area contributed by atoms with Crippen LogP contribution in [0.3, 0.4) is 0 Å². The predicted octanol–water partition coefficient (Wildman–Crippen LogP) is 3.86. The molecule has 0 fully saturated rings. The number of hydrogen-bond acceptors (Lipinski definition) is 4. The van der Waals surface area contributed by atoms with Crippen LogP contribution in [0, 0.1) is 0 Å². The number of amides is 2. The zero-order valence-electron chi connectivity index (χ0n) is 18.7. The van der Waals surface area contributed by atoms with Crippen molar-refractivity contribution >= 4 is 11.8 Å². The van der Waals surface area contributed by atoms with Gasteiger partial charge in [0.05, 0.1) is 26.2 Å². The normalized spacial score (nSPS) is 18.6. The smallest absolute Gasteiger partial charge is 0.254 e. The fourth-order valence-corrected chi connectivity index (χ4v) is 5.07. The van der Waals surface area contributed by atoms with Crippen LogP contribution in [0.25, 0.3) is 0 Å². The van der Waals surface area contributed by atoms with Crippen LogP contribution in [0.4, 0.5) is 0 Å². The van der Waals surface area contributed by atoms with Gasteiger partial charge in [0.15, 0.2) is 0 Å². The Kier molecular flexibility index (Phi) is 5.50. The minimum atomic E-state index is -0.503. The minimum Gasteiger partial charge on any atom is -0.497 e. The Morgan fingerprint density at radius 3 is 2.55 bits per heavy atom. The molecule has 168 valence electrons. The molecule has 6 nitrogen and oxygen atoms in total. The first-order valence-electron chi connectivity index (χ1n) is 11.1. The van der Waals surface area contributed by atoms with Gasteiger partial charge in [0.1, 0.15) is 11.5 Å². The molecular formula is C27H26N2O4. The van der Waals surface area contributed by atoms with Crippen LogP contribution >= 0.6 is 0 Å². The summed E-state index contributed by atoms with van der Waals surface area (Å²) in [6.07, 6.45) is 0.788. The quantitative estimate of drug-likeness (QED) is 0.652. The molecule has 0 spiro atoms. The molecule has 0 aliphatic carbocycles. The molecule has 3 aromatic carbocycles. The van der Waals surface area contributed by atoms with Crippen LogP contribution < -0.4 is 14.8 Å². The Morgan fingerprint density at radius 1 is 1.00 bits per heavy atom. The van der Waals surface area contributed by atoms with Crippen molar-refractivity contribution in [2.24, 2.45) is 0 Å². The number of rotatable bonds is 5. The molecule has 33 heavy (non-hydrogen) atoms. The summed E-state index contributed by atoms with van der Waals surface area (Å²) in [6.45, 7) is 0.891. The van der Waals surface area contributed by atoms with E-state index in [4.69, 9.17) is 9.47 Å². The van der Waals surface area contributed by atoms with E-state index in [1.54, 1.807) is 14.2 Å². The van der Waals surface area contributed by atoms with Crippen LogP contribution in [0.1, 0.15) is 44.6 Å². The number of ether oxygens (including phenoxy) is 2. The Labute approximate surface area is 193 Å². The Bertz CT molecular complexity index is 1220. The lowest BCUT2D eigenvalue weighted by atomic mass is 9.76. The van der Waals surface area contributed by atoms with E-state index in [-0.39, 0.29) is 17.9 Å². The molecule has 2 aliphatic rings. The van der Waals surface area contributed by atoms with Gasteiger partial charge in [-0.25, -0.2) is 0 Å². The fourth-order valence-electron chi connectivity index (χ4n) is 5.07. The second kappa shape index (κ2) is 8.62. The van der Waals surface area contributed by atoms with E-state index in [0.717, 1.165) is 23.1 Å². The number of carbonyl (C=O) groups excluding carboxylic acids is 2. The fraction of sp³-hybridized carbons (Fsp3) is 0.259. The van der Waals surface area contributed by atoms with Gasteiger partial charge in [-0.05, 0) is 47.4 Å². The standard InChI is InChI=1S/C27H26N2O4/c1-32-19-11-12-23(33-2)18(15-19)16-28-26(30)24-21-9-5-6-10-22(21)27(31)29-14-13-17-7-3-4-8-20(17)25(24)29/h3-12,15,24-25H,13-14,16H2,1-2H3,(H,28,30)/t24-,25+/m0/s1. The SMILES string of the molecule is COc1ccc(OC)c(CNC(=O)[C@H]2c3ccccc3C(=O)N3CCc4ccccc4[C@H]23)c1. The maximum atomic E-state index is 13.7. The van der Waals surface area contributed by atoms with Crippen molar-refractivity contribution < 1.29 is 19.1 Å². The van der Waals surface area contributed by atoms with Crippen LogP contribution in [-0.2, 0) is 17.8 Å². The largest absolute Gasteiger partial charge is 0.497 e. The molecule has 2 amide bonds. The summed E-state index contributed by atoms with van der Waals surface area (Å²) in [6, 6.07) is 20.8. The summed E-state index contributed by atoms with van der Waals surface area (Å²) in [5.74, 6) is 0.744. The molecule has 0 bridgehead atoms.